The third kappa shape index (κ3) is 7.88. The predicted octanol–water partition coefficient (Wildman–Crippen LogP) is 4.46. The Balaban J connectivity index is 0.00000392. The summed E-state index contributed by atoms with van der Waals surface area (Å²) in [6.07, 6.45) is -0.439. The number of benzene rings is 1. The van der Waals surface area contributed by atoms with E-state index in [9.17, 15) is 17.4 Å². The van der Waals surface area contributed by atoms with E-state index in [0.29, 0.717) is 30.4 Å². The molecule has 4 nitrogen and oxygen atoms in total. The highest BCUT2D eigenvalue weighted by atomic mass is 127. The Labute approximate surface area is 184 Å². The molecule has 3 unspecified atom stereocenters. The van der Waals surface area contributed by atoms with Gasteiger partial charge in [-0.25, -0.2) is 4.99 Å². The molecule has 1 aliphatic carbocycles. The van der Waals surface area contributed by atoms with Crippen molar-refractivity contribution in [2.45, 2.75) is 63.5 Å². The maximum absolute atomic E-state index is 12.6. The van der Waals surface area contributed by atoms with Crippen molar-refractivity contribution in [1.82, 2.24) is 10.6 Å². The van der Waals surface area contributed by atoms with Crippen LogP contribution in [-0.4, -0.2) is 33.8 Å². The molecular formula is C19H29F3IN3OS. The summed E-state index contributed by atoms with van der Waals surface area (Å²) < 4.78 is 50.0. The minimum atomic E-state index is -4.33. The second kappa shape index (κ2) is 12.0. The molecule has 0 aliphatic heterocycles. The first-order valence-electron chi connectivity index (χ1n) is 9.41. The summed E-state index contributed by atoms with van der Waals surface area (Å²) >= 11 is 0. The average molecular weight is 531 g/mol. The van der Waals surface area contributed by atoms with E-state index in [4.69, 9.17) is 0 Å². The van der Waals surface area contributed by atoms with E-state index < -0.39 is 22.5 Å². The van der Waals surface area contributed by atoms with Crippen molar-refractivity contribution in [3.05, 3.63) is 35.4 Å². The van der Waals surface area contributed by atoms with Crippen molar-refractivity contribution >= 4 is 40.7 Å². The molecule has 9 heteroatoms. The SMILES string of the molecule is CCNC(=NCc1ccc(C(F)(F)F)cc1)NC1CCCC(S(=O)CC)C1.I. The Morgan fingerprint density at radius 3 is 2.46 bits per heavy atom. The van der Waals surface area contributed by atoms with Crippen LogP contribution in [-0.2, 0) is 23.5 Å². The van der Waals surface area contributed by atoms with Crippen LogP contribution < -0.4 is 10.6 Å². The fraction of sp³-hybridized carbons (Fsp3) is 0.632. The average Bonchev–Trinajstić information content (AvgIpc) is 2.65. The summed E-state index contributed by atoms with van der Waals surface area (Å²) in [6, 6.07) is 5.28. The second-order valence-electron chi connectivity index (χ2n) is 6.69. The lowest BCUT2D eigenvalue weighted by Gasteiger charge is -2.30. The quantitative estimate of drug-likeness (QED) is 0.324. The fourth-order valence-corrected chi connectivity index (χ4v) is 4.58. The van der Waals surface area contributed by atoms with Gasteiger partial charge in [0.05, 0.1) is 12.1 Å². The Kier molecular flexibility index (Phi) is 10.8. The number of aliphatic imine (C=N–C) groups is 1. The Morgan fingerprint density at radius 1 is 1.21 bits per heavy atom. The molecule has 0 aromatic heterocycles. The summed E-state index contributed by atoms with van der Waals surface area (Å²) in [4.78, 5) is 4.50. The van der Waals surface area contributed by atoms with Gasteiger partial charge >= 0.3 is 6.18 Å². The number of halogens is 4. The number of alkyl halides is 3. The lowest BCUT2D eigenvalue weighted by molar-refractivity contribution is -0.137. The van der Waals surface area contributed by atoms with Crippen LogP contribution in [0.15, 0.2) is 29.3 Å². The molecule has 0 radical (unpaired) electrons. The number of nitrogens with zero attached hydrogens (tertiary/aromatic N) is 1. The number of hydrogen-bond donors (Lipinski definition) is 2. The number of guanidine groups is 1. The van der Waals surface area contributed by atoms with Crippen molar-refractivity contribution in [3.63, 3.8) is 0 Å². The van der Waals surface area contributed by atoms with E-state index >= 15 is 0 Å². The van der Waals surface area contributed by atoms with Crippen molar-refractivity contribution in [2.75, 3.05) is 12.3 Å². The normalized spacial score (nSPS) is 21.5. The highest BCUT2D eigenvalue weighted by molar-refractivity contribution is 14.0. The molecule has 28 heavy (non-hydrogen) atoms. The molecule has 2 rings (SSSR count). The minimum absolute atomic E-state index is 0. The third-order valence-electron chi connectivity index (χ3n) is 4.67. The molecule has 3 atom stereocenters. The van der Waals surface area contributed by atoms with E-state index in [1.807, 2.05) is 13.8 Å². The standard InChI is InChI=1S/C19H28F3N3OS.HI/c1-3-23-18(25-16-6-5-7-17(12-16)27(26)4-2)24-13-14-8-10-15(11-9-14)19(20,21)22;/h8-11,16-17H,3-7,12-13H2,1-2H3,(H2,23,24,25);1H. The first-order valence-corrected chi connectivity index (χ1v) is 10.8. The van der Waals surface area contributed by atoms with Gasteiger partial charge in [-0.1, -0.05) is 25.5 Å². The topological polar surface area (TPSA) is 53.5 Å². The van der Waals surface area contributed by atoms with Crippen molar-refractivity contribution in [2.24, 2.45) is 4.99 Å². The van der Waals surface area contributed by atoms with Crippen LogP contribution in [0, 0.1) is 0 Å². The molecule has 1 fully saturated rings. The molecule has 0 bridgehead atoms. The van der Waals surface area contributed by atoms with Gasteiger partial charge in [-0.15, -0.1) is 24.0 Å². The fourth-order valence-electron chi connectivity index (χ4n) is 3.23. The smallest absolute Gasteiger partial charge is 0.357 e. The lowest BCUT2D eigenvalue weighted by atomic mass is 9.95. The number of hydrogen-bond acceptors (Lipinski definition) is 2. The summed E-state index contributed by atoms with van der Waals surface area (Å²) in [5, 5.41) is 6.79. The zero-order valence-electron chi connectivity index (χ0n) is 16.2. The van der Waals surface area contributed by atoms with Gasteiger partial charge in [-0.05, 0) is 43.9 Å². The van der Waals surface area contributed by atoms with Crippen LogP contribution >= 0.6 is 24.0 Å². The summed E-state index contributed by atoms with van der Waals surface area (Å²) in [7, 11) is -0.788. The van der Waals surface area contributed by atoms with Gasteiger partial charge in [0.15, 0.2) is 5.96 Å². The van der Waals surface area contributed by atoms with E-state index in [-0.39, 0.29) is 35.3 Å². The van der Waals surface area contributed by atoms with Gasteiger partial charge < -0.3 is 10.6 Å². The maximum atomic E-state index is 12.6. The summed E-state index contributed by atoms with van der Waals surface area (Å²) in [6.45, 7) is 4.90. The van der Waals surface area contributed by atoms with E-state index in [2.05, 4.69) is 15.6 Å². The number of nitrogens with one attached hydrogen (secondary N) is 2. The molecule has 0 heterocycles. The van der Waals surface area contributed by atoms with Crippen LogP contribution in [0.1, 0.15) is 50.7 Å². The molecule has 0 saturated heterocycles. The largest absolute Gasteiger partial charge is 0.416 e. The van der Waals surface area contributed by atoms with Crippen LogP contribution in [0.3, 0.4) is 0 Å². The third-order valence-corrected chi connectivity index (χ3v) is 6.41. The van der Waals surface area contributed by atoms with Gasteiger partial charge in [-0.2, -0.15) is 13.2 Å². The first-order chi connectivity index (χ1) is 12.8. The van der Waals surface area contributed by atoms with Crippen molar-refractivity contribution in [3.8, 4) is 0 Å². The van der Waals surface area contributed by atoms with Crippen LogP contribution in [0.2, 0.25) is 0 Å². The van der Waals surface area contributed by atoms with Gasteiger partial charge in [-0.3, -0.25) is 4.21 Å². The van der Waals surface area contributed by atoms with E-state index in [1.165, 1.54) is 12.1 Å². The molecule has 1 aliphatic rings. The molecule has 1 aromatic rings. The molecule has 160 valence electrons. The molecular weight excluding hydrogens is 502 g/mol. The predicted molar refractivity (Wildman–Crippen MR) is 120 cm³/mol. The van der Waals surface area contributed by atoms with Gasteiger partial charge in [0.1, 0.15) is 0 Å². The maximum Gasteiger partial charge on any atom is 0.416 e. The van der Waals surface area contributed by atoms with Crippen LogP contribution in [0.25, 0.3) is 0 Å². The van der Waals surface area contributed by atoms with Crippen LogP contribution in [0.5, 0.6) is 0 Å². The van der Waals surface area contributed by atoms with E-state index in [1.54, 1.807) is 0 Å². The van der Waals surface area contributed by atoms with Crippen molar-refractivity contribution in [1.29, 1.82) is 0 Å². The molecule has 1 saturated carbocycles. The Hall–Kier alpha value is -0.840. The Morgan fingerprint density at radius 2 is 1.89 bits per heavy atom. The van der Waals surface area contributed by atoms with Gasteiger partial charge in [0, 0.05) is 34.4 Å². The van der Waals surface area contributed by atoms with Gasteiger partial charge in [0.25, 0.3) is 0 Å². The summed E-state index contributed by atoms with van der Waals surface area (Å²) in [5.74, 6) is 1.32. The highest BCUT2D eigenvalue weighted by Crippen LogP contribution is 2.29. The second-order valence-corrected chi connectivity index (χ2v) is 8.69. The highest BCUT2D eigenvalue weighted by Gasteiger charge is 2.30. The minimum Gasteiger partial charge on any atom is -0.357 e. The molecule has 0 amide bonds. The first kappa shape index (κ1) is 25.2. The van der Waals surface area contributed by atoms with Crippen LogP contribution in [0.4, 0.5) is 13.2 Å². The molecule has 1 aromatic carbocycles. The molecule has 0 spiro atoms. The van der Waals surface area contributed by atoms with E-state index in [0.717, 1.165) is 37.8 Å². The monoisotopic (exact) mass is 531 g/mol. The zero-order chi connectivity index (χ0) is 19.9. The van der Waals surface area contributed by atoms with Gasteiger partial charge in [0.2, 0.25) is 0 Å². The summed E-state index contributed by atoms with van der Waals surface area (Å²) in [5.41, 5.74) is 0.0613. The lowest BCUT2D eigenvalue weighted by Crippen LogP contribution is -2.46. The zero-order valence-corrected chi connectivity index (χ0v) is 19.4. The Bertz CT molecular complexity index is 653. The number of rotatable bonds is 6. The molecule has 2 N–H and O–H groups in total. The van der Waals surface area contributed by atoms with Crippen molar-refractivity contribution < 1.29 is 17.4 Å².